The van der Waals surface area contributed by atoms with Gasteiger partial charge in [-0.15, -0.1) is 0 Å². The molecule has 6 nitrogen and oxygen atoms in total. The maximum atomic E-state index is 13.9. The SMILES string of the molecule is Cc1ccc(NC(=O)Cn2cc(S(=O)(=O)c3ccccc3)c(=O)c3cc(F)ccc32)c(C)c1. The van der Waals surface area contributed by atoms with Crippen LogP contribution in [0.5, 0.6) is 0 Å². The predicted octanol–water partition coefficient (Wildman–Crippen LogP) is 4.23. The second-order valence-electron chi connectivity index (χ2n) is 7.79. The molecule has 0 fully saturated rings. The van der Waals surface area contributed by atoms with Gasteiger partial charge in [0.15, 0.2) is 0 Å². The first kappa shape index (κ1) is 22.4. The summed E-state index contributed by atoms with van der Waals surface area (Å²) in [6, 6.07) is 16.6. The molecule has 1 N–H and O–H groups in total. The Balaban J connectivity index is 1.82. The number of rotatable bonds is 5. The molecule has 1 amide bonds. The molecule has 0 aliphatic rings. The number of hydrogen-bond acceptors (Lipinski definition) is 4. The van der Waals surface area contributed by atoms with Gasteiger partial charge in [-0.2, -0.15) is 0 Å². The maximum absolute atomic E-state index is 13.9. The van der Waals surface area contributed by atoms with Crippen molar-refractivity contribution in [3.05, 3.63) is 100 Å². The second-order valence-corrected chi connectivity index (χ2v) is 9.71. The Morgan fingerprint density at radius 2 is 1.73 bits per heavy atom. The number of carbonyl (C=O) groups excluding carboxylic acids is 1. The molecule has 4 aromatic rings. The van der Waals surface area contributed by atoms with E-state index in [1.54, 1.807) is 24.3 Å². The van der Waals surface area contributed by atoms with Gasteiger partial charge in [0, 0.05) is 17.3 Å². The molecular formula is C25H21FN2O4S. The average molecular weight is 465 g/mol. The molecule has 33 heavy (non-hydrogen) atoms. The van der Waals surface area contributed by atoms with Gasteiger partial charge < -0.3 is 9.88 Å². The number of pyridine rings is 1. The smallest absolute Gasteiger partial charge is 0.244 e. The van der Waals surface area contributed by atoms with E-state index in [1.165, 1.54) is 22.8 Å². The largest absolute Gasteiger partial charge is 0.336 e. The molecular weight excluding hydrogens is 443 g/mol. The number of sulfone groups is 1. The fraction of sp³-hybridized carbons (Fsp3) is 0.120. The Labute approximate surface area is 190 Å². The van der Waals surface area contributed by atoms with Crippen molar-refractivity contribution in [2.75, 3.05) is 5.32 Å². The van der Waals surface area contributed by atoms with Crippen LogP contribution in [-0.2, 0) is 21.2 Å². The van der Waals surface area contributed by atoms with Crippen LogP contribution in [0.2, 0.25) is 0 Å². The van der Waals surface area contributed by atoms with Crippen LogP contribution in [0.25, 0.3) is 10.9 Å². The third-order valence-corrected chi connectivity index (χ3v) is 7.09. The highest BCUT2D eigenvalue weighted by atomic mass is 32.2. The molecule has 0 bridgehead atoms. The van der Waals surface area contributed by atoms with E-state index in [1.807, 2.05) is 26.0 Å². The van der Waals surface area contributed by atoms with Gasteiger partial charge in [0.05, 0.1) is 10.4 Å². The lowest BCUT2D eigenvalue weighted by Crippen LogP contribution is -2.24. The third kappa shape index (κ3) is 4.42. The van der Waals surface area contributed by atoms with Crippen molar-refractivity contribution in [3.8, 4) is 0 Å². The van der Waals surface area contributed by atoms with Crippen molar-refractivity contribution in [2.24, 2.45) is 0 Å². The number of nitrogens with zero attached hydrogens (tertiary/aromatic N) is 1. The van der Waals surface area contributed by atoms with Gasteiger partial charge in [0.1, 0.15) is 17.3 Å². The van der Waals surface area contributed by atoms with Crippen LogP contribution in [0.4, 0.5) is 10.1 Å². The lowest BCUT2D eigenvalue weighted by Gasteiger charge is -2.15. The van der Waals surface area contributed by atoms with E-state index in [2.05, 4.69) is 5.32 Å². The number of nitrogens with one attached hydrogen (secondary N) is 1. The lowest BCUT2D eigenvalue weighted by molar-refractivity contribution is -0.116. The van der Waals surface area contributed by atoms with E-state index in [9.17, 15) is 22.4 Å². The van der Waals surface area contributed by atoms with Crippen molar-refractivity contribution < 1.29 is 17.6 Å². The molecule has 0 spiro atoms. The van der Waals surface area contributed by atoms with Crippen LogP contribution in [0.1, 0.15) is 11.1 Å². The number of fused-ring (bicyclic) bond motifs is 1. The van der Waals surface area contributed by atoms with Crippen LogP contribution in [0.3, 0.4) is 0 Å². The number of benzene rings is 3. The summed E-state index contributed by atoms with van der Waals surface area (Å²) < 4.78 is 41.7. The number of carbonyl (C=O) groups is 1. The van der Waals surface area contributed by atoms with Crippen molar-refractivity contribution in [1.82, 2.24) is 4.57 Å². The van der Waals surface area contributed by atoms with Crippen LogP contribution in [0, 0.1) is 19.7 Å². The molecule has 0 unspecified atom stereocenters. The number of hydrogen-bond donors (Lipinski definition) is 1. The van der Waals surface area contributed by atoms with E-state index in [-0.39, 0.29) is 22.3 Å². The normalized spacial score (nSPS) is 11.5. The Bertz CT molecular complexity index is 1540. The summed E-state index contributed by atoms with van der Waals surface area (Å²) in [5, 5.41) is 2.69. The van der Waals surface area contributed by atoms with Gasteiger partial charge in [0.2, 0.25) is 21.2 Å². The van der Waals surface area contributed by atoms with E-state index in [0.717, 1.165) is 29.5 Å². The summed E-state index contributed by atoms with van der Waals surface area (Å²) in [4.78, 5) is 25.3. The van der Waals surface area contributed by atoms with Gasteiger partial charge in [-0.1, -0.05) is 35.9 Å². The number of aryl methyl sites for hydroxylation is 2. The maximum Gasteiger partial charge on any atom is 0.244 e. The van der Waals surface area contributed by atoms with Gasteiger partial charge >= 0.3 is 0 Å². The van der Waals surface area contributed by atoms with Crippen LogP contribution in [0.15, 0.2) is 87.5 Å². The topological polar surface area (TPSA) is 85.2 Å². The number of halogens is 1. The fourth-order valence-corrected chi connectivity index (χ4v) is 5.08. The molecule has 168 valence electrons. The minimum absolute atomic E-state index is 0.0656. The lowest BCUT2D eigenvalue weighted by atomic mass is 10.1. The molecule has 0 aliphatic heterocycles. The molecule has 0 aliphatic carbocycles. The van der Waals surface area contributed by atoms with Gasteiger partial charge in [-0.3, -0.25) is 9.59 Å². The summed E-state index contributed by atoms with van der Waals surface area (Å²) >= 11 is 0. The molecule has 1 aromatic heterocycles. The first-order valence-electron chi connectivity index (χ1n) is 10.2. The molecule has 3 aromatic carbocycles. The number of aromatic nitrogens is 1. The Kier molecular flexibility index (Phi) is 5.86. The van der Waals surface area contributed by atoms with E-state index >= 15 is 0 Å². The van der Waals surface area contributed by atoms with Gasteiger partial charge in [0.25, 0.3) is 0 Å². The molecule has 0 radical (unpaired) electrons. The zero-order chi connectivity index (χ0) is 23.8. The Morgan fingerprint density at radius 3 is 2.42 bits per heavy atom. The Morgan fingerprint density at radius 1 is 1.00 bits per heavy atom. The molecule has 1 heterocycles. The van der Waals surface area contributed by atoms with Crippen LogP contribution < -0.4 is 10.7 Å². The highest BCUT2D eigenvalue weighted by Crippen LogP contribution is 2.22. The minimum atomic E-state index is -4.19. The van der Waals surface area contributed by atoms with Crippen molar-refractivity contribution in [3.63, 3.8) is 0 Å². The van der Waals surface area contributed by atoms with E-state index < -0.39 is 31.9 Å². The fourth-order valence-electron chi connectivity index (χ4n) is 3.69. The summed E-state index contributed by atoms with van der Waals surface area (Å²) in [5.74, 6) is -1.10. The zero-order valence-corrected chi connectivity index (χ0v) is 18.8. The van der Waals surface area contributed by atoms with Crippen molar-refractivity contribution in [2.45, 2.75) is 30.2 Å². The predicted molar refractivity (Wildman–Crippen MR) is 125 cm³/mol. The second kappa shape index (κ2) is 8.63. The van der Waals surface area contributed by atoms with E-state index in [4.69, 9.17) is 0 Å². The summed E-state index contributed by atoms with van der Waals surface area (Å²) in [6.45, 7) is 3.54. The average Bonchev–Trinajstić information content (AvgIpc) is 2.78. The summed E-state index contributed by atoms with van der Waals surface area (Å²) in [6.07, 6.45) is 1.15. The zero-order valence-electron chi connectivity index (χ0n) is 18.0. The Hall–Kier alpha value is -3.78. The van der Waals surface area contributed by atoms with Gasteiger partial charge in [-0.05, 0) is 55.8 Å². The first-order chi connectivity index (χ1) is 15.7. The monoisotopic (exact) mass is 464 g/mol. The molecule has 8 heteroatoms. The number of anilines is 1. The quantitative estimate of drug-likeness (QED) is 0.479. The van der Waals surface area contributed by atoms with Crippen LogP contribution >= 0.6 is 0 Å². The minimum Gasteiger partial charge on any atom is -0.336 e. The van der Waals surface area contributed by atoms with Crippen molar-refractivity contribution >= 4 is 32.3 Å². The highest BCUT2D eigenvalue weighted by molar-refractivity contribution is 7.91. The number of amides is 1. The first-order valence-corrected chi connectivity index (χ1v) is 11.6. The highest BCUT2D eigenvalue weighted by Gasteiger charge is 2.24. The molecule has 0 saturated heterocycles. The molecule has 4 rings (SSSR count). The van der Waals surface area contributed by atoms with Crippen LogP contribution in [-0.4, -0.2) is 18.9 Å². The van der Waals surface area contributed by atoms with Gasteiger partial charge in [-0.25, -0.2) is 12.8 Å². The summed E-state index contributed by atoms with van der Waals surface area (Å²) in [7, 11) is -4.19. The third-order valence-electron chi connectivity index (χ3n) is 5.32. The van der Waals surface area contributed by atoms with E-state index in [0.29, 0.717) is 5.69 Å². The molecule has 0 atom stereocenters. The standard InChI is InChI=1S/C25H21FN2O4S/c1-16-8-10-21(17(2)12-16)27-24(29)15-28-14-23(33(31,32)19-6-4-3-5-7-19)25(30)20-13-18(26)9-11-22(20)28/h3-14H,15H2,1-2H3,(H,27,29). The summed E-state index contributed by atoms with van der Waals surface area (Å²) in [5.41, 5.74) is 1.99. The van der Waals surface area contributed by atoms with Crippen molar-refractivity contribution in [1.29, 1.82) is 0 Å². The molecule has 0 saturated carbocycles.